The number of hydrogen-bond acceptors (Lipinski definition) is 4. The summed E-state index contributed by atoms with van der Waals surface area (Å²) in [6.45, 7) is 4.28. The van der Waals surface area contributed by atoms with Crippen molar-refractivity contribution in [1.82, 2.24) is 9.97 Å². The second-order valence-electron chi connectivity index (χ2n) is 3.26. The lowest BCUT2D eigenvalue weighted by Crippen LogP contribution is -2.38. The topological polar surface area (TPSA) is 55.0 Å². The summed E-state index contributed by atoms with van der Waals surface area (Å²) >= 11 is 0. The van der Waals surface area contributed by atoms with Gasteiger partial charge in [0, 0.05) is 18.7 Å². The van der Waals surface area contributed by atoms with E-state index in [0.29, 0.717) is 5.82 Å². The van der Waals surface area contributed by atoms with Crippen LogP contribution in [0.25, 0.3) is 0 Å². The van der Waals surface area contributed by atoms with Crippen LogP contribution in [-0.4, -0.2) is 23.1 Å². The molecular formula is C9H14N4. The van der Waals surface area contributed by atoms with Crippen molar-refractivity contribution in [3.63, 3.8) is 0 Å². The molecule has 70 valence electrons. The number of nitrogens with two attached hydrogens (primary N) is 1. The zero-order valence-corrected chi connectivity index (χ0v) is 7.82. The van der Waals surface area contributed by atoms with Crippen molar-refractivity contribution in [3.05, 3.63) is 11.9 Å². The van der Waals surface area contributed by atoms with Gasteiger partial charge in [-0.05, 0) is 12.8 Å². The first kappa shape index (κ1) is 8.29. The highest BCUT2D eigenvalue weighted by atomic mass is 15.2. The average molecular weight is 178 g/mol. The van der Waals surface area contributed by atoms with Crippen molar-refractivity contribution in [3.8, 4) is 0 Å². The van der Waals surface area contributed by atoms with E-state index in [1.54, 1.807) is 6.33 Å². The number of hydrogen-bond donors (Lipinski definition) is 1. The Morgan fingerprint density at radius 3 is 2.77 bits per heavy atom. The van der Waals surface area contributed by atoms with Crippen molar-refractivity contribution < 1.29 is 0 Å². The SMILES string of the molecule is CCc1c(N)ncnc1N1CCC1. The van der Waals surface area contributed by atoms with E-state index in [-0.39, 0.29) is 0 Å². The maximum absolute atomic E-state index is 5.77. The summed E-state index contributed by atoms with van der Waals surface area (Å²) in [4.78, 5) is 10.5. The van der Waals surface area contributed by atoms with Crippen LogP contribution in [0.5, 0.6) is 0 Å². The smallest absolute Gasteiger partial charge is 0.137 e. The second-order valence-corrected chi connectivity index (χ2v) is 3.26. The molecule has 0 aromatic carbocycles. The summed E-state index contributed by atoms with van der Waals surface area (Å²) in [6.07, 6.45) is 3.70. The predicted molar refractivity (Wildman–Crippen MR) is 52.7 cm³/mol. The summed E-state index contributed by atoms with van der Waals surface area (Å²) in [6, 6.07) is 0. The van der Waals surface area contributed by atoms with Gasteiger partial charge in [-0.25, -0.2) is 9.97 Å². The van der Waals surface area contributed by atoms with Gasteiger partial charge in [0.05, 0.1) is 0 Å². The highest BCUT2D eigenvalue weighted by Crippen LogP contribution is 2.25. The molecule has 1 aromatic heterocycles. The molecule has 1 fully saturated rings. The largest absolute Gasteiger partial charge is 0.383 e. The highest BCUT2D eigenvalue weighted by molar-refractivity contribution is 5.57. The van der Waals surface area contributed by atoms with E-state index in [4.69, 9.17) is 5.73 Å². The molecule has 1 aliphatic heterocycles. The molecule has 2 heterocycles. The van der Waals surface area contributed by atoms with Crippen molar-refractivity contribution in [2.24, 2.45) is 0 Å². The van der Waals surface area contributed by atoms with Gasteiger partial charge in [0.2, 0.25) is 0 Å². The molecular weight excluding hydrogens is 164 g/mol. The maximum Gasteiger partial charge on any atom is 0.137 e. The van der Waals surface area contributed by atoms with E-state index in [1.165, 1.54) is 6.42 Å². The monoisotopic (exact) mass is 178 g/mol. The van der Waals surface area contributed by atoms with Crippen LogP contribution >= 0.6 is 0 Å². The number of anilines is 2. The van der Waals surface area contributed by atoms with Gasteiger partial charge in [0.1, 0.15) is 18.0 Å². The van der Waals surface area contributed by atoms with E-state index in [2.05, 4.69) is 21.8 Å². The van der Waals surface area contributed by atoms with Gasteiger partial charge in [-0.1, -0.05) is 6.92 Å². The Morgan fingerprint density at radius 1 is 1.46 bits per heavy atom. The third-order valence-corrected chi connectivity index (χ3v) is 2.47. The summed E-state index contributed by atoms with van der Waals surface area (Å²) in [7, 11) is 0. The van der Waals surface area contributed by atoms with Crippen LogP contribution < -0.4 is 10.6 Å². The molecule has 0 spiro atoms. The third kappa shape index (κ3) is 1.32. The normalized spacial score (nSPS) is 15.6. The fraction of sp³-hybridized carbons (Fsp3) is 0.556. The van der Waals surface area contributed by atoms with E-state index in [0.717, 1.165) is 30.9 Å². The lowest BCUT2D eigenvalue weighted by atomic mass is 10.1. The van der Waals surface area contributed by atoms with Crippen LogP contribution in [0.4, 0.5) is 11.6 Å². The number of aromatic nitrogens is 2. The molecule has 0 saturated carbocycles. The number of nitrogen functional groups attached to an aromatic ring is 1. The fourth-order valence-corrected chi connectivity index (χ4v) is 1.56. The zero-order valence-electron chi connectivity index (χ0n) is 7.82. The van der Waals surface area contributed by atoms with Crippen molar-refractivity contribution in [1.29, 1.82) is 0 Å². The first-order chi connectivity index (χ1) is 6.33. The average Bonchev–Trinajstić information content (AvgIpc) is 2.01. The predicted octanol–water partition coefficient (Wildman–Crippen LogP) is 0.831. The van der Waals surface area contributed by atoms with Crippen LogP contribution in [0.1, 0.15) is 18.9 Å². The minimum absolute atomic E-state index is 0.624. The van der Waals surface area contributed by atoms with E-state index in [1.807, 2.05) is 0 Å². The minimum atomic E-state index is 0.624. The van der Waals surface area contributed by atoms with E-state index >= 15 is 0 Å². The summed E-state index contributed by atoms with van der Waals surface area (Å²) in [5.74, 6) is 1.65. The zero-order chi connectivity index (χ0) is 9.26. The minimum Gasteiger partial charge on any atom is -0.383 e. The maximum atomic E-state index is 5.77. The number of nitrogens with zero attached hydrogens (tertiary/aromatic N) is 3. The molecule has 0 bridgehead atoms. The third-order valence-electron chi connectivity index (χ3n) is 2.47. The Labute approximate surface area is 77.8 Å². The molecule has 2 rings (SSSR count). The summed E-state index contributed by atoms with van der Waals surface area (Å²) in [5, 5.41) is 0. The van der Waals surface area contributed by atoms with Crippen LogP contribution in [0.2, 0.25) is 0 Å². The molecule has 0 aliphatic carbocycles. The first-order valence-electron chi connectivity index (χ1n) is 4.67. The van der Waals surface area contributed by atoms with Crippen LogP contribution in [0.15, 0.2) is 6.33 Å². The Balaban J connectivity index is 2.37. The van der Waals surface area contributed by atoms with Gasteiger partial charge in [0.25, 0.3) is 0 Å². The van der Waals surface area contributed by atoms with Gasteiger partial charge in [-0.2, -0.15) is 0 Å². The summed E-state index contributed by atoms with van der Waals surface area (Å²) < 4.78 is 0. The van der Waals surface area contributed by atoms with Crippen LogP contribution in [0, 0.1) is 0 Å². The quantitative estimate of drug-likeness (QED) is 0.728. The molecule has 1 saturated heterocycles. The van der Waals surface area contributed by atoms with Crippen molar-refractivity contribution in [2.75, 3.05) is 23.7 Å². The molecule has 2 N–H and O–H groups in total. The second kappa shape index (κ2) is 3.20. The molecule has 13 heavy (non-hydrogen) atoms. The fourth-order valence-electron chi connectivity index (χ4n) is 1.56. The Bertz CT molecular complexity index is 306. The Hall–Kier alpha value is -1.32. The molecule has 0 unspecified atom stereocenters. The van der Waals surface area contributed by atoms with E-state index in [9.17, 15) is 0 Å². The standard InChI is InChI=1S/C9H14N4/c1-2-7-8(10)11-6-12-9(7)13-4-3-5-13/h6H,2-5H2,1H3,(H2,10,11,12). The highest BCUT2D eigenvalue weighted by Gasteiger charge is 2.19. The van der Waals surface area contributed by atoms with Crippen molar-refractivity contribution >= 4 is 11.6 Å². The van der Waals surface area contributed by atoms with Gasteiger partial charge in [0.15, 0.2) is 0 Å². The van der Waals surface area contributed by atoms with Gasteiger partial charge in [-0.15, -0.1) is 0 Å². The van der Waals surface area contributed by atoms with Gasteiger partial charge >= 0.3 is 0 Å². The Kier molecular flexibility index (Phi) is 2.04. The molecule has 0 atom stereocenters. The molecule has 0 amide bonds. The van der Waals surface area contributed by atoms with Gasteiger partial charge in [-0.3, -0.25) is 0 Å². The van der Waals surface area contributed by atoms with E-state index < -0.39 is 0 Å². The van der Waals surface area contributed by atoms with Crippen LogP contribution in [-0.2, 0) is 6.42 Å². The molecule has 1 aliphatic rings. The lowest BCUT2D eigenvalue weighted by Gasteiger charge is -2.33. The Morgan fingerprint density at radius 2 is 2.23 bits per heavy atom. The lowest BCUT2D eigenvalue weighted by molar-refractivity contribution is 0.606. The molecule has 4 nitrogen and oxygen atoms in total. The molecule has 0 radical (unpaired) electrons. The van der Waals surface area contributed by atoms with Crippen LogP contribution in [0.3, 0.4) is 0 Å². The molecule has 4 heteroatoms. The van der Waals surface area contributed by atoms with Crippen molar-refractivity contribution in [2.45, 2.75) is 19.8 Å². The van der Waals surface area contributed by atoms with Gasteiger partial charge < -0.3 is 10.6 Å². The number of rotatable bonds is 2. The first-order valence-corrected chi connectivity index (χ1v) is 4.67. The summed E-state index contributed by atoms with van der Waals surface area (Å²) in [5.41, 5.74) is 6.86. The molecule has 1 aromatic rings.